The summed E-state index contributed by atoms with van der Waals surface area (Å²) in [6.07, 6.45) is 1.62. The molecule has 0 aliphatic carbocycles. The van der Waals surface area contributed by atoms with E-state index in [0.29, 0.717) is 5.56 Å². The van der Waals surface area contributed by atoms with Gasteiger partial charge < -0.3 is 4.74 Å². The minimum Gasteiger partial charge on any atom is -0.496 e. The number of aromatic nitrogens is 1. The zero-order chi connectivity index (χ0) is 20.9. The van der Waals surface area contributed by atoms with E-state index in [4.69, 9.17) is 9.72 Å². The van der Waals surface area contributed by atoms with Crippen LogP contribution in [0.1, 0.15) is 21.5 Å². The number of hydrogen-bond acceptors (Lipinski definition) is 4. The Bertz CT molecular complexity index is 1230. The highest BCUT2D eigenvalue weighted by Crippen LogP contribution is 2.24. The van der Waals surface area contributed by atoms with Crippen LogP contribution in [0.5, 0.6) is 5.75 Å². The minimum absolute atomic E-state index is 0.285. The largest absolute Gasteiger partial charge is 0.496 e. The molecule has 5 nitrogen and oxygen atoms in total. The Hall–Kier alpha value is -3.99. The molecule has 0 unspecified atom stereocenters. The van der Waals surface area contributed by atoms with Gasteiger partial charge in [-0.2, -0.15) is 5.10 Å². The average Bonchev–Trinajstić information content (AvgIpc) is 2.79. The van der Waals surface area contributed by atoms with Crippen molar-refractivity contribution in [2.24, 2.45) is 5.10 Å². The van der Waals surface area contributed by atoms with Crippen LogP contribution in [0.3, 0.4) is 0 Å². The lowest BCUT2D eigenvalue weighted by Crippen LogP contribution is -2.18. The van der Waals surface area contributed by atoms with Crippen molar-refractivity contribution in [1.82, 2.24) is 10.4 Å². The van der Waals surface area contributed by atoms with Crippen molar-refractivity contribution < 1.29 is 9.53 Å². The first-order chi connectivity index (χ1) is 14.7. The SMILES string of the molecule is COc1ccc(/C=N/NC(=O)c2cc(-c3ccccc3)nc3ccccc23)cc1C. The van der Waals surface area contributed by atoms with Gasteiger partial charge in [0, 0.05) is 10.9 Å². The van der Waals surface area contributed by atoms with Crippen molar-refractivity contribution >= 4 is 23.0 Å². The molecule has 5 heteroatoms. The lowest BCUT2D eigenvalue weighted by molar-refractivity contribution is 0.0956. The van der Waals surface area contributed by atoms with Gasteiger partial charge in [0.1, 0.15) is 5.75 Å². The van der Waals surface area contributed by atoms with Gasteiger partial charge in [0.25, 0.3) is 5.91 Å². The van der Waals surface area contributed by atoms with Crippen LogP contribution < -0.4 is 10.2 Å². The topological polar surface area (TPSA) is 63.6 Å². The molecule has 1 N–H and O–H groups in total. The first-order valence-electron chi connectivity index (χ1n) is 9.59. The van der Waals surface area contributed by atoms with E-state index in [1.54, 1.807) is 19.4 Å². The standard InChI is InChI=1S/C25H21N3O2/c1-17-14-18(12-13-24(17)30-2)16-26-28-25(29)21-15-23(19-8-4-3-5-9-19)27-22-11-7-6-10-20(21)22/h3-16H,1-2H3,(H,28,29)/b26-16+. The third-order valence-electron chi connectivity index (χ3n) is 4.83. The Labute approximate surface area is 175 Å². The Morgan fingerprint density at radius 2 is 1.77 bits per heavy atom. The molecular weight excluding hydrogens is 374 g/mol. The van der Waals surface area contributed by atoms with Crippen molar-refractivity contribution in [3.05, 3.63) is 95.6 Å². The van der Waals surface area contributed by atoms with E-state index in [1.165, 1.54) is 0 Å². The summed E-state index contributed by atoms with van der Waals surface area (Å²) in [6.45, 7) is 1.96. The van der Waals surface area contributed by atoms with Gasteiger partial charge in [-0.1, -0.05) is 48.5 Å². The molecule has 0 radical (unpaired) electrons. The number of carbonyl (C=O) groups excluding carboxylic acids is 1. The Kier molecular flexibility index (Phi) is 5.52. The van der Waals surface area contributed by atoms with Crippen LogP contribution >= 0.6 is 0 Å². The molecule has 1 aromatic heterocycles. The maximum Gasteiger partial charge on any atom is 0.272 e. The molecule has 0 aliphatic rings. The van der Waals surface area contributed by atoms with E-state index in [-0.39, 0.29) is 5.91 Å². The zero-order valence-electron chi connectivity index (χ0n) is 16.8. The van der Waals surface area contributed by atoms with Crippen LogP contribution in [0, 0.1) is 6.92 Å². The van der Waals surface area contributed by atoms with E-state index in [9.17, 15) is 4.79 Å². The summed E-state index contributed by atoms with van der Waals surface area (Å²) in [5.41, 5.74) is 7.50. The van der Waals surface area contributed by atoms with Crippen LogP contribution in [0.2, 0.25) is 0 Å². The highest BCUT2D eigenvalue weighted by Gasteiger charge is 2.13. The molecule has 0 saturated carbocycles. The van der Waals surface area contributed by atoms with Gasteiger partial charge >= 0.3 is 0 Å². The van der Waals surface area contributed by atoms with Crippen LogP contribution in [0.25, 0.3) is 22.2 Å². The van der Waals surface area contributed by atoms with Gasteiger partial charge in [0.05, 0.1) is 30.1 Å². The smallest absolute Gasteiger partial charge is 0.272 e. The van der Waals surface area contributed by atoms with Crippen LogP contribution in [0.15, 0.2) is 84.0 Å². The number of nitrogens with one attached hydrogen (secondary N) is 1. The number of amides is 1. The fourth-order valence-electron chi connectivity index (χ4n) is 3.33. The van der Waals surface area contributed by atoms with E-state index in [1.807, 2.05) is 79.7 Å². The Morgan fingerprint density at radius 1 is 1.00 bits per heavy atom. The van der Waals surface area contributed by atoms with Crippen molar-refractivity contribution in [3.8, 4) is 17.0 Å². The monoisotopic (exact) mass is 395 g/mol. The molecule has 148 valence electrons. The summed E-state index contributed by atoms with van der Waals surface area (Å²) in [5.74, 6) is 0.528. The fourth-order valence-corrected chi connectivity index (χ4v) is 3.33. The number of benzene rings is 3. The molecule has 0 fully saturated rings. The average molecular weight is 395 g/mol. The number of fused-ring (bicyclic) bond motifs is 1. The lowest BCUT2D eigenvalue weighted by atomic mass is 10.0. The second-order valence-electron chi connectivity index (χ2n) is 6.87. The summed E-state index contributed by atoms with van der Waals surface area (Å²) in [4.78, 5) is 17.6. The van der Waals surface area contributed by atoms with Gasteiger partial charge in [-0.05, 0) is 48.4 Å². The predicted molar refractivity (Wildman–Crippen MR) is 120 cm³/mol. The predicted octanol–water partition coefficient (Wildman–Crippen LogP) is 4.98. The lowest BCUT2D eigenvalue weighted by Gasteiger charge is -2.09. The van der Waals surface area contributed by atoms with Crippen molar-refractivity contribution in [2.75, 3.05) is 7.11 Å². The number of rotatable bonds is 5. The molecule has 30 heavy (non-hydrogen) atoms. The van der Waals surface area contributed by atoms with Gasteiger partial charge in [0.15, 0.2) is 0 Å². The summed E-state index contributed by atoms with van der Waals surface area (Å²) in [5, 5.41) is 4.92. The maximum atomic E-state index is 12.9. The van der Waals surface area contributed by atoms with Gasteiger partial charge in [-0.3, -0.25) is 4.79 Å². The molecule has 0 atom stereocenters. The van der Waals surface area contributed by atoms with Crippen molar-refractivity contribution in [2.45, 2.75) is 6.92 Å². The number of hydrazone groups is 1. The van der Waals surface area contributed by atoms with Crippen LogP contribution in [-0.2, 0) is 0 Å². The molecule has 0 aliphatic heterocycles. The van der Waals surface area contributed by atoms with Gasteiger partial charge in [-0.15, -0.1) is 0 Å². The Balaban J connectivity index is 1.63. The zero-order valence-corrected chi connectivity index (χ0v) is 16.8. The first-order valence-corrected chi connectivity index (χ1v) is 9.59. The quantitative estimate of drug-likeness (QED) is 0.383. The normalized spacial score (nSPS) is 11.0. The molecule has 1 heterocycles. The van der Waals surface area contributed by atoms with Crippen molar-refractivity contribution in [1.29, 1.82) is 0 Å². The molecule has 0 bridgehead atoms. The molecule has 0 saturated heterocycles. The molecule has 4 rings (SSSR count). The molecular formula is C25H21N3O2. The summed E-state index contributed by atoms with van der Waals surface area (Å²) in [6, 6.07) is 24.9. The number of aryl methyl sites for hydroxylation is 1. The number of para-hydroxylation sites is 1. The number of ether oxygens (including phenoxy) is 1. The number of methoxy groups -OCH3 is 1. The highest BCUT2D eigenvalue weighted by atomic mass is 16.5. The molecule has 1 amide bonds. The second-order valence-corrected chi connectivity index (χ2v) is 6.87. The summed E-state index contributed by atoms with van der Waals surface area (Å²) in [7, 11) is 1.64. The third kappa shape index (κ3) is 4.05. The molecule has 4 aromatic rings. The van der Waals surface area contributed by atoms with Crippen LogP contribution in [0.4, 0.5) is 0 Å². The molecule has 0 spiro atoms. The van der Waals surface area contributed by atoms with Gasteiger partial charge in [-0.25, -0.2) is 10.4 Å². The highest BCUT2D eigenvalue weighted by molar-refractivity contribution is 6.07. The number of pyridine rings is 1. The van der Waals surface area contributed by atoms with E-state index < -0.39 is 0 Å². The number of carbonyl (C=O) groups is 1. The minimum atomic E-state index is -0.285. The summed E-state index contributed by atoms with van der Waals surface area (Å²) >= 11 is 0. The number of hydrogen-bond donors (Lipinski definition) is 1. The van der Waals surface area contributed by atoms with Crippen LogP contribution in [-0.4, -0.2) is 24.2 Å². The second kappa shape index (κ2) is 8.57. The molecule has 3 aromatic carbocycles. The fraction of sp³-hybridized carbons (Fsp3) is 0.0800. The van der Waals surface area contributed by atoms with E-state index >= 15 is 0 Å². The van der Waals surface area contributed by atoms with Gasteiger partial charge in [0.2, 0.25) is 0 Å². The first kappa shape index (κ1) is 19.3. The van der Waals surface area contributed by atoms with Crippen molar-refractivity contribution in [3.63, 3.8) is 0 Å². The van der Waals surface area contributed by atoms with E-state index in [2.05, 4.69) is 10.5 Å². The number of nitrogens with zero attached hydrogens (tertiary/aromatic N) is 2. The third-order valence-corrected chi connectivity index (χ3v) is 4.83. The Morgan fingerprint density at radius 3 is 2.53 bits per heavy atom. The van der Waals surface area contributed by atoms with E-state index in [0.717, 1.165) is 39.0 Å². The summed E-state index contributed by atoms with van der Waals surface area (Å²) < 4.78 is 5.27. The maximum absolute atomic E-state index is 12.9.